The lowest BCUT2D eigenvalue weighted by molar-refractivity contribution is 0.0691. The van der Waals surface area contributed by atoms with Crippen LogP contribution >= 0.6 is 15.9 Å². The minimum absolute atomic E-state index is 0.185. The highest BCUT2D eigenvalue weighted by Crippen LogP contribution is 2.18. The van der Waals surface area contributed by atoms with Crippen LogP contribution in [0.4, 0.5) is 10.1 Å². The number of halogens is 2. The summed E-state index contributed by atoms with van der Waals surface area (Å²) in [4.78, 5) is 26.7. The molecule has 0 aliphatic carbocycles. The van der Waals surface area contributed by atoms with Gasteiger partial charge in [-0.2, -0.15) is 0 Å². The predicted molar refractivity (Wildman–Crippen MR) is 73.2 cm³/mol. The molecule has 0 aliphatic heterocycles. The Bertz CT molecular complexity index is 691. The van der Waals surface area contributed by atoms with E-state index in [4.69, 9.17) is 5.11 Å². The van der Waals surface area contributed by atoms with Crippen LogP contribution in [0.5, 0.6) is 0 Å². The smallest absolute Gasteiger partial charge is 0.338 e. The number of hydrogen-bond donors (Lipinski definition) is 2. The van der Waals surface area contributed by atoms with Crippen molar-refractivity contribution < 1.29 is 19.1 Å². The van der Waals surface area contributed by atoms with Crippen molar-refractivity contribution in [3.63, 3.8) is 0 Å². The van der Waals surface area contributed by atoms with Crippen LogP contribution in [0.3, 0.4) is 0 Å². The van der Waals surface area contributed by atoms with E-state index in [-0.39, 0.29) is 11.3 Å². The van der Waals surface area contributed by atoms with Crippen molar-refractivity contribution in [1.82, 2.24) is 4.98 Å². The minimum atomic E-state index is -1.40. The van der Waals surface area contributed by atoms with Gasteiger partial charge in [0.15, 0.2) is 0 Å². The van der Waals surface area contributed by atoms with Crippen molar-refractivity contribution in [3.8, 4) is 0 Å². The Labute approximate surface area is 121 Å². The zero-order chi connectivity index (χ0) is 14.7. The molecular formula is C13H8BrFN2O3. The molecular weight excluding hydrogens is 331 g/mol. The third-order valence-electron chi connectivity index (χ3n) is 2.46. The fourth-order valence-electron chi connectivity index (χ4n) is 1.52. The van der Waals surface area contributed by atoms with Crippen LogP contribution in [-0.4, -0.2) is 22.0 Å². The summed E-state index contributed by atoms with van der Waals surface area (Å²) >= 11 is 3.13. The van der Waals surface area contributed by atoms with Gasteiger partial charge in [-0.05, 0) is 46.3 Å². The molecule has 0 saturated carbocycles. The third kappa shape index (κ3) is 3.00. The Kier molecular flexibility index (Phi) is 4.09. The molecule has 1 aromatic carbocycles. The molecule has 2 rings (SSSR count). The lowest BCUT2D eigenvalue weighted by atomic mass is 10.2. The summed E-state index contributed by atoms with van der Waals surface area (Å²) in [5.41, 5.74) is -0.0358. The van der Waals surface area contributed by atoms with Gasteiger partial charge in [0.2, 0.25) is 0 Å². The summed E-state index contributed by atoms with van der Waals surface area (Å²) in [6.07, 6.45) is 1.52. The van der Waals surface area contributed by atoms with Gasteiger partial charge in [0.1, 0.15) is 10.4 Å². The summed E-state index contributed by atoms with van der Waals surface area (Å²) in [5, 5.41) is 11.3. The molecule has 0 radical (unpaired) electrons. The molecule has 1 aromatic heterocycles. The lowest BCUT2D eigenvalue weighted by Crippen LogP contribution is -2.14. The summed E-state index contributed by atoms with van der Waals surface area (Å²) in [5.74, 6) is -2.74. The number of benzene rings is 1. The van der Waals surface area contributed by atoms with Crippen LogP contribution in [0.15, 0.2) is 41.1 Å². The van der Waals surface area contributed by atoms with Gasteiger partial charge in [-0.25, -0.2) is 14.2 Å². The molecule has 0 saturated heterocycles. The second-order valence-electron chi connectivity index (χ2n) is 3.80. The first kappa shape index (κ1) is 14.1. The summed E-state index contributed by atoms with van der Waals surface area (Å²) < 4.78 is 13.6. The van der Waals surface area contributed by atoms with E-state index in [2.05, 4.69) is 26.2 Å². The van der Waals surface area contributed by atoms with E-state index < -0.39 is 23.3 Å². The average Bonchev–Trinajstić information content (AvgIpc) is 2.41. The van der Waals surface area contributed by atoms with Gasteiger partial charge < -0.3 is 10.4 Å². The third-order valence-corrected chi connectivity index (χ3v) is 3.09. The summed E-state index contributed by atoms with van der Waals surface area (Å²) in [6, 6.07) is 6.46. The highest BCUT2D eigenvalue weighted by Gasteiger charge is 2.14. The van der Waals surface area contributed by atoms with Crippen LogP contribution in [-0.2, 0) is 0 Å². The molecule has 0 aliphatic rings. The molecule has 20 heavy (non-hydrogen) atoms. The first-order chi connectivity index (χ1) is 9.49. The van der Waals surface area contributed by atoms with Crippen LogP contribution in [0.25, 0.3) is 0 Å². The zero-order valence-corrected chi connectivity index (χ0v) is 11.5. The van der Waals surface area contributed by atoms with E-state index in [0.717, 1.165) is 12.1 Å². The molecule has 102 valence electrons. The minimum Gasteiger partial charge on any atom is -0.478 e. The molecule has 2 aromatic rings. The summed E-state index contributed by atoms with van der Waals surface area (Å²) in [6.45, 7) is 0. The number of pyridine rings is 1. The van der Waals surface area contributed by atoms with E-state index >= 15 is 0 Å². The SMILES string of the molecule is O=C(O)c1cc(NC(=O)c2cccnc2Br)ccc1F. The van der Waals surface area contributed by atoms with Crippen molar-refractivity contribution in [2.45, 2.75) is 0 Å². The molecule has 0 spiro atoms. The van der Waals surface area contributed by atoms with Crippen molar-refractivity contribution in [2.24, 2.45) is 0 Å². The number of carbonyl (C=O) groups is 2. The summed E-state index contributed by atoms with van der Waals surface area (Å²) in [7, 11) is 0. The maximum absolute atomic E-state index is 13.2. The molecule has 0 unspecified atom stereocenters. The van der Waals surface area contributed by atoms with Gasteiger partial charge in [0.05, 0.1) is 11.1 Å². The maximum atomic E-state index is 13.2. The van der Waals surface area contributed by atoms with Crippen LogP contribution in [0.1, 0.15) is 20.7 Å². The number of nitrogens with zero attached hydrogens (tertiary/aromatic N) is 1. The van der Waals surface area contributed by atoms with Gasteiger partial charge in [0, 0.05) is 11.9 Å². The van der Waals surface area contributed by atoms with Crippen LogP contribution < -0.4 is 5.32 Å². The van der Waals surface area contributed by atoms with Crippen molar-refractivity contribution in [1.29, 1.82) is 0 Å². The van der Waals surface area contributed by atoms with E-state index in [0.29, 0.717) is 4.60 Å². The Morgan fingerprint density at radius 3 is 2.65 bits per heavy atom. The van der Waals surface area contributed by atoms with E-state index in [9.17, 15) is 14.0 Å². The maximum Gasteiger partial charge on any atom is 0.338 e. The molecule has 1 heterocycles. The van der Waals surface area contributed by atoms with E-state index in [1.165, 1.54) is 12.3 Å². The fraction of sp³-hybridized carbons (Fsp3) is 0. The number of carboxylic acids is 1. The number of anilines is 1. The van der Waals surface area contributed by atoms with Crippen molar-refractivity contribution >= 4 is 33.5 Å². The molecule has 0 fully saturated rings. The second-order valence-corrected chi connectivity index (χ2v) is 4.55. The van der Waals surface area contributed by atoms with Crippen LogP contribution in [0.2, 0.25) is 0 Å². The lowest BCUT2D eigenvalue weighted by Gasteiger charge is -2.07. The Morgan fingerprint density at radius 1 is 1.25 bits per heavy atom. The van der Waals surface area contributed by atoms with Crippen molar-refractivity contribution in [3.05, 3.63) is 58.1 Å². The van der Waals surface area contributed by atoms with Gasteiger partial charge in [-0.3, -0.25) is 4.79 Å². The number of aromatic carboxylic acids is 1. The van der Waals surface area contributed by atoms with Gasteiger partial charge in [-0.1, -0.05) is 0 Å². The quantitative estimate of drug-likeness (QED) is 0.843. The Morgan fingerprint density at radius 2 is 2.00 bits per heavy atom. The fourth-order valence-corrected chi connectivity index (χ4v) is 1.95. The molecule has 0 bridgehead atoms. The molecule has 1 amide bonds. The highest BCUT2D eigenvalue weighted by molar-refractivity contribution is 9.10. The number of amides is 1. The first-order valence-corrected chi connectivity index (χ1v) is 6.23. The predicted octanol–water partition coefficient (Wildman–Crippen LogP) is 2.93. The normalized spacial score (nSPS) is 10.1. The largest absolute Gasteiger partial charge is 0.478 e. The van der Waals surface area contributed by atoms with Crippen LogP contribution in [0, 0.1) is 5.82 Å². The van der Waals surface area contributed by atoms with Gasteiger partial charge >= 0.3 is 5.97 Å². The molecule has 7 heteroatoms. The molecule has 2 N–H and O–H groups in total. The average molecular weight is 339 g/mol. The van der Waals surface area contributed by atoms with E-state index in [1.807, 2.05) is 0 Å². The van der Waals surface area contributed by atoms with E-state index in [1.54, 1.807) is 12.1 Å². The number of aromatic nitrogens is 1. The number of hydrogen-bond acceptors (Lipinski definition) is 3. The first-order valence-electron chi connectivity index (χ1n) is 5.44. The zero-order valence-electron chi connectivity index (χ0n) is 9.93. The molecule has 0 atom stereocenters. The molecule has 5 nitrogen and oxygen atoms in total. The number of nitrogens with one attached hydrogen (secondary N) is 1. The number of rotatable bonds is 3. The highest BCUT2D eigenvalue weighted by atomic mass is 79.9. The number of carboxylic acid groups (broad SMARTS) is 1. The van der Waals surface area contributed by atoms with Crippen molar-refractivity contribution in [2.75, 3.05) is 5.32 Å². The Balaban J connectivity index is 2.27. The Hall–Kier alpha value is -2.28. The monoisotopic (exact) mass is 338 g/mol. The standard InChI is InChI=1S/C13H8BrFN2O3/c14-11-8(2-1-5-16-11)12(18)17-7-3-4-10(15)9(6-7)13(19)20/h1-6H,(H,17,18)(H,19,20). The van der Waals surface area contributed by atoms with Gasteiger partial charge in [-0.15, -0.1) is 0 Å². The van der Waals surface area contributed by atoms with Gasteiger partial charge in [0.25, 0.3) is 5.91 Å². The topological polar surface area (TPSA) is 79.3 Å². The second kappa shape index (κ2) is 5.79. The number of carbonyl (C=O) groups excluding carboxylic acids is 1.